The summed E-state index contributed by atoms with van der Waals surface area (Å²) in [6.45, 7) is 11.1. The molecule has 0 amide bonds. The molecule has 1 saturated heterocycles. The minimum atomic E-state index is -0.666. The molecule has 0 aromatic rings. The topological polar surface area (TPSA) is 88.1 Å². The predicted molar refractivity (Wildman–Crippen MR) is 108 cm³/mol. The van der Waals surface area contributed by atoms with Crippen LogP contribution < -0.4 is 0 Å². The van der Waals surface area contributed by atoms with Crippen molar-refractivity contribution in [1.29, 1.82) is 0 Å². The fourth-order valence-electron chi connectivity index (χ4n) is 4.07. The van der Waals surface area contributed by atoms with Crippen molar-refractivity contribution in [3.63, 3.8) is 0 Å². The molecule has 3 rings (SSSR count). The molecule has 162 valence electrons. The van der Waals surface area contributed by atoms with Gasteiger partial charge in [0.05, 0.1) is 17.9 Å². The number of fused-ring (bicyclic) bond motifs is 3. The van der Waals surface area contributed by atoms with Crippen LogP contribution in [0, 0.1) is 5.92 Å². The second-order valence-electron chi connectivity index (χ2n) is 8.34. The van der Waals surface area contributed by atoms with Crippen LogP contribution in [0.3, 0.4) is 0 Å². The monoisotopic (exact) mass is 416 g/mol. The van der Waals surface area contributed by atoms with E-state index in [-0.39, 0.29) is 13.0 Å². The summed E-state index contributed by atoms with van der Waals surface area (Å²) < 4.78 is 22.4. The molecule has 3 heterocycles. The molecule has 0 spiro atoms. The third kappa shape index (κ3) is 4.56. The predicted octanol–water partition coefficient (Wildman–Crippen LogP) is 2.96. The Morgan fingerprint density at radius 3 is 2.73 bits per heavy atom. The SMILES string of the molecule is C=C1C(=O)O[C@@H]2/C=C(/C)[C@]3(C)C=C[C@@](C)(C[C@@H](OC(=O)C/C=C/COC(C)=O)[C@@H]12)O3. The van der Waals surface area contributed by atoms with Crippen molar-refractivity contribution < 1.29 is 33.3 Å². The van der Waals surface area contributed by atoms with Crippen molar-refractivity contribution in [3.8, 4) is 0 Å². The van der Waals surface area contributed by atoms with E-state index < -0.39 is 47.2 Å². The van der Waals surface area contributed by atoms with Crippen LogP contribution in [-0.4, -0.2) is 47.9 Å². The van der Waals surface area contributed by atoms with E-state index in [1.165, 1.54) is 6.92 Å². The Morgan fingerprint density at radius 1 is 1.30 bits per heavy atom. The molecule has 0 saturated carbocycles. The van der Waals surface area contributed by atoms with Gasteiger partial charge < -0.3 is 18.9 Å². The molecule has 30 heavy (non-hydrogen) atoms. The average Bonchev–Trinajstić information content (AvgIpc) is 3.11. The number of hydrogen-bond donors (Lipinski definition) is 0. The van der Waals surface area contributed by atoms with Crippen LogP contribution >= 0.6 is 0 Å². The Labute approximate surface area is 176 Å². The zero-order valence-electron chi connectivity index (χ0n) is 17.8. The molecular weight excluding hydrogens is 388 g/mol. The first kappa shape index (κ1) is 22.0. The molecule has 0 N–H and O–H groups in total. The van der Waals surface area contributed by atoms with E-state index in [1.807, 2.05) is 39.0 Å². The van der Waals surface area contributed by atoms with Gasteiger partial charge in [-0.1, -0.05) is 30.9 Å². The van der Waals surface area contributed by atoms with Crippen molar-refractivity contribution >= 4 is 17.9 Å². The number of hydrogen-bond acceptors (Lipinski definition) is 7. The summed E-state index contributed by atoms with van der Waals surface area (Å²) in [5.41, 5.74) is -0.0718. The highest BCUT2D eigenvalue weighted by Crippen LogP contribution is 2.45. The number of esters is 3. The largest absolute Gasteiger partial charge is 0.462 e. The summed E-state index contributed by atoms with van der Waals surface area (Å²) >= 11 is 0. The summed E-state index contributed by atoms with van der Waals surface area (Å²) in [7, 11) is 0. The highest BCUT2D eigenvalue weighted by Gasteiger charge is 2.51. The van der Waals surface area contributed by atoms with E-state index >= 15 is 0 Å². The third-order valence-electron chi connectivity index (χ3n) is 5.78. The van der Waals surface area contributed by atoms with Crippen LogP contribution in [0.5, 0.6) is 0 Å². The van der Waals surface area contributed by atoms with Crippen molar-refractivity contribution in [2.45, 2.75) is 63.9 Å². The molecule has 7 nitrogen and oxygen atoms in total. The first-order valence-electron chi connectivity index (χ1n) is 10.00. The van der Waals surface area contributed by atoms with Gasteiger partial charge in [0.2, 0.25) is 0 Å². The van der Waals surface area contributed by atoms with Crippen LogP contribution in [0.4, 0.5) is 0 Å². The van der Waals surface area contributed by atoms with Gasteiger partial charge in [-0.05, 0) is 32.4 Å². The Bertz CT molecular complexity index is 852. The van der Waals surface area contributed by atoms with Crippen molar-refractivity contribution in [1.82, 2.24) is 0 Å². The van der Waals surface area contributed by atoms with E-state index in [1.54, 1.807) is 12.2 Å². The maximum Gasteiger partial charge on any atom is 0.334 e. The van der Waals surface area contributed by atoms with E-state index in [4.69, 9.17) is 18.9 Å². The fourth-order valence-corrected chi connectivity index (χ4v) is 4.07. The van der Waals surface area contributed by atoms with Gasteiger partial charge in [-0.15, -0.1) is 0 Å². The van der Waals surface area contributed by atoms with Gasteiger partial charge in [-0.2, -0.15) is 0 Å². The maximum atomic E-state index is 12.5. The molecule has 5 atom stereocenters. The molecule has 3 aliphatic rings. The maximum absolute atomic E-state index is 12.5. The lowest BCUT2D eigenvalue weighted by Crippen LogP contribution is -2.40. The Balaban J connectivity index is 1.80. The first-order valence-corrected chi connectivity index (χ1v) is 10.00. The van der Waals surface area contributed by atoms with Crippen molar-refractivity contribution in [3.05, 3.63) is 48.1 Å². The molecule has 3 aliphatic heterocycles. The lowest BCUT2D eigenvalue weighted by Gasteiger charge is -2.34. The van der Waals surface area contributed by atoms with Gasteiger partial charge in [0.15, 0.2) is 0 Å². The second kappa shape index (κ2) is 8.22. The van der Waals surface area contributed by atoms with Gasteiger partial charge in [-0.25, -0.2) is 4.79 Å². The number of rotatable bonds is 5. The van der Waals surface area contributed by atoms with E-state index in [0.29, 0.717) is 12.0 Å². The first-order chi connectivity index (χ1) is 14.0. The van der Waals surface area contributed by atoms with Crippen LogP contribution in [0.2, 0.25) is 0 Å². The fraction of sp³-hybridized carbons (Fsp3) is 0.522. The molecule has 2 bridgehead atoms. The average molecular weight is 416 g/mol. The summed E-state index contributed by atoms with van der Waals surface area (Å²) in [6.07, 6.45) is 8.14. The van der Waals surface area contributed by atoms with Gasteiger partial charge in [0.25, 0.3) is 0 Å². The van der Waals surface area contributed by atoms with Gasteiger partial charge >= 0.3 is 17.9 Å². The second-order valence-corrected chi connectivity index (χ2v) is 8.34. The molecule has 0 aromatic heterocycles. The van der Waals surface area contributed by atoms with E-state index in [2.05, 4.69) is 6.58 Å². The van der Waals surface area contributed by atoms with E-state index in [9.17, 15) is 14.4 Å². The molecule has 0 aliphatic carbocycles. The van der Waals surface area contributed by atoms with Crippen LogP contribution in [0.1, 0.15) is 40.5 Å². The molecule has 1 fully saturated rings. The summed E-state index contributed by atoms with van der Waals surface area (Å²) in [5, 5.41) is 0. The summed E-state index contributed by atoms with van der Waals surface area (Å²) in [4.78, 5) is 35.5. The molecule has 7 heteroatoms. The van der Waals surface area contributed by atoms with Crippen LogP contribution in [0.25, 0.3) is 0 Å². The Kier molecular flexibility index (Phi) is 6.04. The number of carbonyl (C=O) groups is 3. The molecular formula is C23H28O7. The van der Waals surface area contributed by atoms with Gasteiger partial charge in [-0.3, -0.25) is 9.59 Å². The Morgan fingerprint density at radius 2 is 2.03 bits per heavy atom. The zero-order valence-corrected chi connectivity index (χ0v) is 17.8. The van der Waals surface area contributed by atoms with Gasteiger partial charge in [0.1, 0.15) is 24.4 Å². The highest BCUT2D eigenvalue weighted by atomic mass is 16.6. The van der Waals surface area contributed by atoms with Gasteiger partial charge in [0, 0.05) is 18.9 Å². The molecule has 0 radical (unpaired) electrons. The third-order valence-corrected chi connectivity index (χ3v) is 5.78. The quantitative estimate of drug-likeness (QED) is 0.295. The minimum Gasteiger partial charge on any atom is -0.462 e. The van der Waals surface area contributed by atoms with E-state index in [0.717, 1.165) is 5.57 Å². The van der Waals surface area contributed by atoms with Crippen LogP contribution in [-0.2, 0) is 33.3 Å². The van der Waals surface area contributed by atoms with Crippen molar-refractivity contribution in [2.75, 3.05) is 6.61 Å². The smallest absolute Gasteiger partial charge is 0.334 e. The van der Waals surface area contributed by atoms with Crippen LogP contribution in [0.15, 0.2) is 48.1 Å². The lowest BCUT2D eigenvalue weighted by molar-refractivity contribution is -0.155. The van der Waals surface area contributed by atoms with Crippen molar-refractivity contribution in [2.24, 2.45) is 5.92 Å². The Hall–Kier alpha value is -2.67. The number of ether oxygens (including phenoxy) is 4. The highest BCUT2D eigenvalue weighted by molar-refractivity contribution is 5.91. The normalized spacial score (nSPS) is 36.9. The molecule has 0 unspecified atom stereocenters. The number of carbonyl (C=O) groups excluding carboxylic acids is 3. The summed E-state index contributed by atoms with van der Waals surface area (Å²) in [6, 6.07) is 0. The zero-order chi connectivity index (χ0) is 22.1. The molecule has 0 aromatic carbocycles. The standard InChI is InChI=1S/C23H28O7/c1-14-12-17-20(15(2)21(26)29-17)18(13-22(4)9-10-23(14,5)30-22)28-19(25)8-6-7-11-27-16(3)24/h6-7,9-10,12,17-18,20H,2,8,11,13H2,1,3-5H3/b7-6+,14-12-/t17-,18-,20+,22+,23+/m1/s1. The minimum absolute atomic E-state index is 0.0103. The lowest BCUT2D eigenvalue weighted by atomic mass is 9.83. The summed E-state index contributed by atoms with van der Waals surface area (Å²) in [5.74, 6) is -1.82.